The Morgan fingerprint density at radius 3 is 2.38 bits per heavy atom. The third-order valence-electron chi connectivity index (χ3n) is 5.43. The molecule has 4 atom stereocenters. The van der Waals surface area contributed by atoms with E-state index in [1.807, 2.05) is 24.3 Å². The van der Waals surface area contributed by atoms with Gasteiger partial charge in [-0.25, -0.2) is 4.98 Å². The normalized spacial score (nSPS) is 20.9. The number of aliphatic hydroxyl groups excluding tert-OH is 3. The van der Waals surface area contributed by atoms with Crippen molar-refractivity contribution in [3.05, 3.63) is 72.3 Å². The van der Waals surface area contributed by atoms with Crippen molar-refractivity contribution in [3.63, 3.8) is 0 Å². The van der Waals surface area contributed by atoms with E-state index in [4.69, 9.17) is 4.74 Å². The van der Waals surface area contributed by atoms with Crippen LogP contribution in [-0.2, 0) is 4.74 Å². The summed E-state index contributed by atoms with van der Waals surface area (Å²) >= 11 is 0. The SMILES string of the molecule is CC(O)c1nccn1C(C#Cc1ccc(-c2ccc(OC3C(O)COC3(F)F)cc2)cc1)CO. The summed E-state index contributed by atoms with van der Waals surface area (Å²) in [5.74, 6) is 6.65. The van der Waals surface area contributed by atoms with Gasteiger partial charge in [0.15, 0.2) is 0 Å². The minimum absolute atomic E-state index is 0.201. The first-order chi connectivity index (χ1) is 16.3. The zero-order valence-corrected chi connectivity index (χ0v) is 18.3. The summed E-state index contributed by atoms with van der Waals surface area (Å²) in [6, 6.07) is 13.4. The minimum Gasteiger partial charge on any atom is -0.478 e. The average molecular weight is 470 g/mol. The Kier molecular flexibility index (Phi) is 6.95. The van der Waals surface area contributed by atoms with Crippen LogP contribution < -0.4 is 4.74 Å². The van der Waals surface area contributed by atoms with Gasteiger partial charge in [0.1, 0.15) is 29.8 Å². The molecule has 1 aliphatic rings. The van der Waals surface area contributed by atoms with Gasteiger partial charge >= 0.3 is 6.11 Å². The van der Waals surface area contributed by atoms with Crippen molar-refractivity contribution in [1.82, 2.24) is 9.55 Å². The van der Waals surface area contributed by atoms with Crippen LogP contribution in [-0.4, -0.2) is 56.4 Å². The van der Waals surface area contributed by atoms with Crippen LogP contribution in [0.1, 0.15) is 30.5 Å². The molecule has 0 radical (unpaired) electrons. The fourth-order valence-corrected chi connectivity index (χ4v) is 3.64. The average Bonchev–Trinajstić information content (AvgIpc) is 3.41. The molecule has 178 valence electrons. The quantitative estimate of drug-likeness (QED) is 0.480. The van der Waals surface area contributed by atoms with E-state index >= 15 is 0 Å². The van der Waals surface area contributed by atoms with Gasteiger partial charge in [-0.05, 0) is 42.3 Å². The van der Waals surface area contributed by atoms with Gasteiger partial charge in [0, 0.05) is 18.0 Å². The number of alkyl halides is 2. The van der Waals surface area contributed by atoms with Crippen molar-refractivity contribution in [3.8, 4) is 28.7 Å². The lowest BCUT2D eigenvalue weighted by molar-refractivity contribution is -0.243. The molecule has 1 aromatic heterocycles. The van der Waals surface area contributed by atoms with E-state index in [-0.39, 0.29) is 12.4 Å². The lowest BCUT2D eigenvalue weighted by Crippen LogP contribution is -2.40. The predicted molar refractivity (Wildman–Crippen MR) is 119 cm³/mol. The Morgan fingerprint density at radius 1 is 1.18 bits per heavy atom. The number of aromatic nitrogens is 2. The second-order valence-electron chi connectivity index (χ2n) is 7.92. The molecule has 0 spiro atoms. The van der Waals surface area contributed by atoms with Gasteiger partial charge in [0.25, 0.3) is 0 Å². The van der Waals surface area contributed by atoms with E-state index in [1.54, 1.807) is 48.1 Å². The van der Waals surface area contributed by atoms with E-state index in [0.717, 1.165) is 16.7 Å². The standard InChI is InChI=1S/C25H24F2N2O5/c1-16(31)24-28-12-13-29(24)20(14-30)9-4-17-2-5-18(6-3-17)19-7-10-21(11-8-19)34-23-22(32)15-33-25(23,26)27/h2-3,5-8,10-13,16,20,22-23,30-32H,14-15H2,1H3. The molecule has 2 heterocycles. The lowest BCUT2D eigenvalue weighted by atomic mass is 10.0. The number of aliphatic hydroxyl groups is 3. The van der Waals surface area contributed by atoms with Gasteiger partial charge < -0.3 is 29.4 Å². The number of hydrogen-bond acceptors (Lipinski definition) is 6. The Labute approximate surface area is 195 Å². The highest BCUT2D eigenvalue weighted by Gasteiger charge is 2.53. The number of benzene rings is 2. The summed E-state index contributed by atoms with van der Waals surface area (Å²) in [6.45, 7) is 0.888. The monoisotopic (exact) mass is 470 g/mol. The fraction of sp³-hybridized carbons (Fsp3) is 0.320. The van der Waals surface area contributed by atoms with Crippen LogP contribution >= 0.6 is 0 Å². The van der Waals surface area contributed by atoms with Crippen LogP contribution in [0.2, 0.25) is 0 Å². The molecule has 2 aromatic carbocycles. The van der Waals surface area contributed by atoms with Crippen LogP contribution in [0.4, 0.5) is 8.78 Å². The number of rotatable bonds is 6. The van der Waals surface area contributed by atoms with Crippen molar-refractivity contribution in [2.75, 3.05) is 13.2 Å². The van der Waals surface area contributed by atoms with Crippen molar-refractivity contribution in [1.29, 1.82) is 0 Å². The third kappa shape index (κ3) is 5.11. The Bertz CT molecular complexity index is 1170. The summed E-state index contributed by atoms with van der Waals surface area (Å²) < 4.78 is 38.5. The van der Waals surface area contributed by atoms with Gasteiger partial charge in [-0.1, -0.05) is 36.1 Å². The van der Waals surface area contributed by atoms with Crippen LogP contribution in [0.5, 0.6) is 5.75 Å². The molecule has 9 heteroatoms. The van der Waals surface area contributed by atoms with E-state index in [0.29, 0.717) is 5.82 Å². The fourth-order valence-electron chi connectivity index (χ4n) is 3.64. The molecule has 3 N–H and O–H groups in total. The molecule has 4 unspecified atom stereocenters. The van der Waals surface area contributed by atoms with E-state index in [2.05, 4.69) is 21.6 Å². The van der Waals surface area contributed by atoms with Crippen LogP contribution in [0.25, 0.3) is 11.1 Å². The first-order valence-corrected chi connectivity index (χ1v) is 10.7. The predicted octanol–water partition coefficient (Wildman–Crippen LogP) is 2.92. The van der Waals surface area contributed by atoms with Gasteiger partial charge in [-0.3, -0.25) is 0 Å². The van der Waals surface area contributed by atoms with Crippen LogP contribution in [0.3, 0.4) is 0 Å². The molecule has 1 saturated heterocycles. The molecule has 3 aromatic rings. The first kappa shape index (κ1) is 23.9. The Hall–Kier alpha value is -3.29. The summed E-state index contributed by atoms with van der Waals surface area (Å²) in [5, 5.41) is 29.2. The second-order valence-corrected chi connectivity index (χ2v) is 7.92. The number of imidazole rings is 1. The molecular formula is C25H24F2N2O5. The van der Waals surface area contributed by atoms with Crippen LogP contribution in [0.15, 0.2) is 60.9 Å². The van der Waals surface area contributed by atoms with Crippen molar-refractivity contribution < 1.29 is 33.6 Å². The molecule has 0 aliphatic carbocycles. The van der Waals surface area contributed by atoms with Gasteiger partial charge in [-0.2, -0.15) is 8.78 Å². The molecule has 34 heavy (non-hydrogen) atoms. The van der Waals surface area contributed by atoms with E-state index in [9.17, 15) is 24.1 Å². The molecule has 7 nitrogen and oxygen atoms in total. The van der Waals surface area contributed by atoms with Gasteiger partial charge in [0.2, 0.25) is 6.10 Å². The molecule has 0 amide bonds. The van der Waals surface area contributed by atoms with E-state index in [1.165, 1.54) is 0 Å². The molecule has 0 saturated carbocycles. The minimum atomic E-state index is -3.54. The van der Waals surface area contributed by atoms with Crippen molar-refractivity contribution in [2.24, 2.45) is 0 Å². The lowest BCUT2D eigenvalue weighted by Gasteiger charge is -2.20. The number of hydrogen-bond donors (Lipinski definition) is 3. The number of ether oxygens (including phenoxy) is 2. The molecule has 1 fully saturated rings. The molecule has 1 aliphatic heterocycles. The zero-order chi connectivity index (χ0) is 24.3. The summed E-state index contributed by atoms with van der Waals surface area (Å²) in [5.41, 5.74) is 2.46. The molecule has 0 bridgehead atoms. The van der Waals surface area contributed by atoms with Crippen molar-refractivity contribution >= 4 is 0 Å². The van der Waals surface area contributed by atoms with Gasteiger partial charge in [-0.15, -0.1) is 0 Å². The van der Waals surface area contributed by atoms with Crippen molar-refractivity contribution in [2.45, 2.75) is 37.4 Å². The highest BCUT2D eigenvalue weighted by Crippen LogP contribution is 2.33. The summed E-state index contributed by atoms with van der Waals surface area (Å²) in [6.07, 6.45) is -4.27. The van der Waals surface area contributed by atoms with E-state index < -0.39 is 37.1 Å². The Morgan fingerprint density at radius 2 is 1.82 bits per heavy atom. The molecular weight excluding hydrogens is 446 g/mol. The number of nitrogens with zero attached hydrogens (tertiary/aromatic N) is 2. The largest absolute Gasteiger partial charge is 0.478 e. The zero-order valence-electron chi connectivity index (χ0n) is 18.3. The highest BCUT2D eigenvalue weighted by molar-refractivity contribution is 5.65. The Balaban J connectivity index is 1.44. The summed E-state index contributed by atoms with van der Waals surface area (Å²) in [7, 11) is 0. The summed E-state index contributed by atoms with van der Waals surface area (Å²) in [4.78, 5) is 4.10. The smallest absolute Gasteiger partial charge is 0.395 e. The number of halogens is 2. The van der Waals surface area contributed by atoms with Crippen LogP contribution in [0, 0.1) is 11.8 Å². The highest BCUT2D eigenvalue weighted by atomic mass is 19.3. The topological polar surface area (TPSA) is 97.0 Å². The maximum absolute atomic E-state index is 13.6. The molecule has 4 rings (SSSR count). The third-order valence-corrected chi connectivity index (χ3v) is 5.43. The first-order valence-electron chi connectivity index (χ1n) is 10.7. The maximum atomic E-state index is 13.6. The van der Waals surface area contributed by atoms with Gasteiger partial charge in [0.05, 0.1) is 13.2 Å². The second kappa shape index (κ2) is 9.91. The maximum Gasteiger partial charge on any atom is 0.395 e.